The SMILES string of the molecule is COc1cc(C(=O)N2CCC[C@@H](N)C2)cc2nc(-c3cc4ccc5nc4n3C[C@H]3C[C@@H]3[C@@H](C)OCCC(=O)N[C@@H]5C)n(C)c12. The fourth-order valence-electron chi connectivity index (χ4n) is 7.09. The third kappa shape index (κ3) is 5.11. The van der Waals surface area contributed by atoms with Gasteiger partial charge in [-0.25, -0.2) is 9.97 Å². The van der Waals surface area contributed by atoms with Gasteiger partial charge in [-0.05, 0) is 75.3 Å². The number of imidazole rings is 1. The molecule has 3 aliphatic rings. The molecule has 1 aromatic carbocycles. The molecule has 0 radical (unpaired) electrons. The van der Waals surface area contributed by atoms with Crippen LogP contribution in [0.15, 0.2) is 30.3 Å². The number of rotatable bonds is 3. The Morgan fingerprint density at radius 2 is 2.00 bits per heavy atom. The van der Waals surface area contributed by atoms with Gasteiger partial charge in [0.15, 0.2) is 5.82 Å². The lowest BCUT2D eigenvalue weighted by Crippen LogP contribution is -2.45. The first-order valence-electron chi connectivity index (χ1n) is 15.7. The van der Waals surface area contributed by atoms with E-state index >= 15 is 0 Å². The molecule has 44 heavy (non-hydrogen) atoms. The van der Waals surface area contributed by atoms with Crippen LogP contribution in [0.1, 0.15) is 61.6 Å². The third-order valence-corrected chi connectivity index (χ3v) is 9.67. The van der Waals surface area contributed by atoms with Crippen LogP contribution in [-0.2, 0) is 23.1 Å². The number of likely N-dealkylation sites (tertiary alicyclic amines) is 1. The van der Waals surface area contributed by atoms with Crippen LogP contribution in [-0.4, -0.2) is 74.8 Å². The van der Waals surface area contributed by atoms with Gasteiger partial charge in [-0.1, -0.05) is 0 Å². The van der Waals surface area contributed by atoms with Crippen molar-refractivity contribution in [2.75, 3.05) is 26.8 Å². The van der Waals surface area contributed by atoms with Gasteiger partial charge in [0.25, 0.3) is 5.91 Å². The van der Waals surface area contributed by atoms with Crippen LogP contribution in [0, 0.1) is 11.8 Å². The van der Waals surface area contributed by atoms with Crippen molar-refractivity contribution >= 4 is 33.9 Å². The standard InChI is InChI=1S/C33H41N7O4/c1-18-25-8-7-20-14-27(40(31(20)36-25)16-22-12-24(22)19(2)44-11-9-29(41)35-18)32-37-26-13-21(15-28(43-4)30(26)38(32)3)33(42)39-10-5-6-23(34)17-39/h7-8,13-15,18-19,22-24H,5-6,9-12,16-17,34H2,1-4H3,(H,35,41)/t18-,19-,22-,23-,24-/m1/s1. The highest BCUT2D eigenvalue weighted by Crippen LogP contribution is 2.45. The second-order valence-corrected chi connectivity index (χ2v) is 12.8. The number of hydrogen-bond donors (Lipinski definition) is 2. The van der Waals surface area contributed by atoms with Gasteiger partial charge in [-0.3, -0.25) is 9.59 Å². The number of nitrogens with two attached hydrogens (primary N) is 1. The Morgan fingerprint density at radius 3 is 2.80 bits per heavy atom. The maximum atomic E-state index is 13.5. The van der Waals surface area contributed by atoms with Gasteiger partial charge in [0.05, 0.1) is 42.8 Å². The minimum Gasteiger partial charge on any atom is -0.494 e. The molecule has 232 valence electrons. The summed E-state index contributed by atoms with van der Waals surface area (Å²) in [6, 6.07) is 9.64. The lowest BCUT2D eigenvalue weighted by atomic mass is 10.0. The van der Waals surface area contributed by atoms with E-state index < -0.39 is 0 Å². The molecule has 3 N–H and O–H groups in total. The lowest BCUT2D eigenvalue weighted by Gasteiger charge is -2.30. The molecule has 2 fully saturated rings. The van der Waals surface area contributed by atoms with E-state index in [1.54, 1.807) is 7.11 Å². The number of carbonyl (C=O) groups is 2. The Kier molecular flexibility index (Phi) is 7.32. The number of aromatic nitrogens is 4. The summed E-state index contributed by atoms with van der Waals surface area (Å²) in [5, 5.41) is 4.08. The van der Waals surface area contributed by atoms with E-state index in [2.05, 4.69) is 28.9 Å². The Bertz CT molecular complexity index is 1760. The first-order chi connectivity index (χ1) is 21.2. The number of benzene rings is 1. The van der Waals surface area contributed by atoms with Gasteiger partial charge < -0.3 is 34.6 Å². The summed E-state index contributed by atoms with van der Waals surface area (Å²) >= 11 is 0. The van der Waals surface area contributed by atoms with Gasteiger partial charge >= 0.3 is 0 Å². The van der Waals surface area contributed by atoms with Gasteiger partial charge in [0.2, 0.25) is 5.91 Å². The molecule has 7 rings (SSSR count). The minimum absolute atomic E-state index is 0.00136. The minimum atomic E-state index is -0.238. The monoisotopic (exact) mass is 599 g/mol. The van der Waals surface area contributed by atoms with Gasteiger partial charge in [-0.15, -0.1) is 0 Å². The van der Waals surface area contributed by atoms with E-state index in [0.717, 1.165) is 59.6 Å². The number of pyridine rings is 1. The second kappa shape index (κ2) is 11.2. The van der Waals surface area contributed by atoms with Crippen molar-refractivity contribution in [2.45, 2.75) is 64.3 Å². The van der Waals surface area contributed by atoms with E-state index in [0.29, 0.717) is 54.8 Å². The maximum absolute atomic E-state index is 13.5. The number of carbonyl (C=O) groups excluding carboxylic acids is 2. The van der Waals surface area contributed by atoms with Crippen LogP contribution in [0.4, 0.5) is 0 Å². The number of hydrogen-bond acceptors (Lipinski definition) is 7. The van der Waals surface area contributed by atoms with Crippen molar-refractivity contribution in [3.8, 4) is 17.3 Å². The Hall–Kier alpha value is -3.96. The first-order valence-corrected chi connectivity index (χ1v) is 15.7. The molecule has 5 atom stereocenters. The molecule has 0 unspecified atom stereocenters. The Morgan fingerprint density at radius 1 is 1.16 bits per heavy atom. The Balaban J connectivity index is 1.34. The molecule has 5 heterocycles. The fraction of sp³-hybridized carbons (Fsp3) is 0.515. The molecular weight excluding hydrogens is 558 g/mol. The van der Waals surface area contributed by atoms with Crippen LogP contribution < -0.4 is 15.8 Å². The molecule has 4 aromatic rings. The topological polar surface area (TPSA) is 130 Å². The highest BCUT2D eigenvalue weighted by atomic mass is 16.5. The molecule has 2 aliphatic heterocycles. The molecule has 2 bridgehead atoms. The van der Waals surface area contributed by atoms with Crippen molar-refractivity contribution in [3.63, 3.8) is 0 Å². The van der Waals surface area contributed by atoms with Crippen LogP contribution in [0.2, 0.25) is 0 Å². The summed E-state index contributed by atoms with van der Waals surface area (Å²) < 4.78 is 16.2. The van der Waals surface area contributed by atoms with Crippen molar-refractivity contribution in [1.29, 1.82) is 0 Å². The maximum Gasteiger partial charge on any atom is 0.254 e. The smallest absolute Gasteiger partial charge is 0.254 e. The molecule has 11 heteroatoms. The molecule has 2 amide bonds. The van der Waals surface area contributed by atoms with E-state index in [1.165, 1.54) is 0 Å². The predicted molar refractivity (Wildman–Crippen MR) is 167 cm³/mol. The highest BCUT2D eigenvalue weighted by Gasteiger charge is 2.42. The molecule has 1 aliphatic carbocycles. The van der Waals surface area contributed by atoms with Crippen LogP contribution in [0.25, 0.3) is 33.6 Å². The van der Waals surface area contributed by atoms with E-state index in [-0.39, 0.29) is 30.0 Å². The summed E-state index contributed by atoms with van der Waals surface area (Å²) in [4.78, 5) is 38.1. The zero-order valence-electron chi connectivity index (χ0n) is 25.9. The van der Waals surface area contributed by atoms with Gasteiger partial charge in [-0.2, -0.15) is 0 Å². The Labute approximate surface area is 256 Å². The van der Waals surface area contributed by atoms with Crippen LogP contribution in [0.3, 0.4) is 0 Å². The average molecular weight is 600 g/mol. The number of methoxy groups -OCH3 is 1. The number of fused-ring (bicyclic) bond motifs is 3. The summed E-state index contributed by atoms with van der Waals surface area (Å²) in [6.07, 6.45) is 3.31. The number of nitrogens with one attached hydrogen (secondary N) is 1. The zero-order valence-corrected chi connectivity index (χ0v) is 25.9. The van der Waals surface area contributed by atoms with Crippen molar-refractivity contribution in [1.82, 2.24) is 29.3 Å². The largest absolute Gasteiger partial charge is 0.494 e. The summed E-state index contributed by atoms with van der Waals surface area (Å²) in [7, 11) is 3.61. The van der Waals surface area contributed by atoms with Crippen LogP contribution >= 0.6 is 0 Å². The van der Waals surface area contributed by atoms with Crippen molar-refractivity contribution in [2.24, 2.45) is 24.6 Å². The molecule has 1 saturated heterocycles. The molecule has 0 spiro atoms. The number of piperidine rings is 1. The molecular formula is C33H41N7O4. The second-order valence-electron chi connectivity index (χ2n) is 12.8. The van der Waals surface area contributed by atoms with Crippen LogP contribution in [0.5, 0.6) is 5.75 Å². The number of amides is 2. The highest BCUT2D eigenvalue weighted by molar-refractivity contribution is 6.00. The number of aryl methyl sites for hydroxylation is 1. The van der Waals surface area contributed by atoms with Gasteiger partial charge in [0, 0.05) is 50.1 Å². The third-order valence-electron chi connectivity index (χ3n) is 9.67. The predicted octanol–water partition coefficient (Wildman–Crippen LogP) is 3.78. The zero-order chi connectivity index (χ0) is 30.7. The molecule has 3 aromatic heterocycles. The average Bonchev–Trinajstić information content (AvgIpc) is 3.59. The lowest BCUT2D eigenvalue weighted by molar-refractivity contribution is -0.123. The quantitative estimate of drug-likeness (QED) is 0.367. The summed E-state index contributed by atoms with van der Waals surface area (Å²) in [5.74, 6) is 2.13. The normalized spacial score (nSPS) is 26.0. The van der Waals surface area contributed by atoms with Gasteiger partial charge in [0.1, 0.15) is 16.9 Å². The van der Waals surface area contributed by atoms with Crippen molar-refractivity contribution in [3.05, 3.63) is 41.6 Å². The number of ether oxygens (including phenoxy) is 2. The summed E-state index contributed by atoms with van der Waals surface area (Å²) in [6.45, 7) is 6.51. The van der Waals surface area contributed by atoms with E-state index in [4.69, 9.17) is 25.2 Å². The summed E-state index contributed by atoms with van der Waals surface area (Å²) in [5.41, 5.74) is 10.9. The first kappa shape index (κ1) is 28.8. The molecule has 1 saturated carbocycles. The van der Waals surface area contributed by atoms with E-state index in [1.807, 2.05) is 41.6 Å². The molecule has 11 nitrogen and oxygen atoms in total. The fourth-order valence-corrected chi connectivity index (χ4v) is 7.09. The van der Waals surface area contributed by atoms with E-state index in [9.17, 15) is 9.59 Å². The van der Waals surface area contributed by atoms with Crippen molar-refractivity contribution < 1.29 is 19.1 Å². The number of nitrogens with zero attached hydrogens (tertiary/aromatic N) is 5.